The van der Waals surface area contributed by atoms with Crippen LogP contribution in [-0.2, 0) is 0 Å². The summed E-state index contributed by atoms with van der Waals surface area (Å²) in [6, 6.07) is 12.9. The third-order valence-corrected chi connectivity index (χ3v) is 2.61. The second-order valence-corrected chi connectivity index (χ2v) is 3.93. The third-order valence-electron chi connectivity index (χ3n) is 2.61. The molecule has 0 atom stereocenters. The summed E-state index contributed by atoms with van der Waals surface area (Å²) in [7, 11) is 0. The summed E-state index contributed by atoms with van der Waals surface area (Å²) in [5.41, 5.74) is 2.14. The summed E-state index contributed by atoms with van der Waals surface area (Å²) in [5, 5.41) is 2.70. The Hall–Kier alpha value is -2.75. The van der Waals surface area contributed by atoms with Gasteiger partial charge in [-0.2, -0.15) is 0 Å². The van der Waals surface area contributed by atoms with Gasteiger partial charge in [0, 0.05) is 22.4 Å². The number of anilines is 1. The van der Waals surface area contributed by atoms with Crippen molar-refractivity contribution in [2.24, 2.45) is 0 Å². The van der Waals surface area contributed by atoms with E-state index in [4.69, 9.17) is 0 Å². The molecule has 94 valence electrons. The van der Waals surface area contributed by atoms with Gasteiger partial charge in [-0.3, -0.25) is 14.4 Å². The summed E-state index contributed by atoms with van der Waals surface area (Å²) in [6.07, 6.45) is 1.46. The van der Waals surface area contributed by atoms with Gasteiger partial charge in [0.15, 0.2) is 0 Å². The van der Waals surface area contributed by atoms with Crippen LogP contribution in [0.2, 0.25) is 0 Å². The molecule has 2 rings (SSSR count). The number of benzene rings is 2. The van der Waals surface area contributed by atoms with Gasteiger partial charge in [-0.25, -0.2) is 0 Å². The fourth-order valence-corrected chi connectivity index (χ4v) is 1.56. The molecule has 19 heavy (non-hydrogen) atoms. The van der Waals surface area contributed by atoms with Crippen LogP contribution in [0.5, 0.6) is 0 Å². The minimum Gasteiger partial charge on any atom is -0.322 e. The number of aldehydes is 2. The molecule has 0 aliphatic rings. The normalized spacial score (nSPS) is 9.68. The third kappa shape index (κ3) is 3.13. The molecule has 2 aromatic carbocycles. The Morgan fingerprint density at radius 2 is 1.26 bits per heavy atom. The molecular formula is C15H11NO3. The standard InChI is InChI=1S/C15H11NO3/c17-9-11-1-5-13(6-2-11)15(19)16-14-7-3-12(10-18)4-8-14/h1-10H,(H,16,19). The maximum absolute atomic E-state index is 11.9. The van der Waals surface area contributed by atoms with Crippen LogP contribution in [0.25, 0.3) is 0 Å². The Bertz CT molecular complexity index is 600. The van der Waals surface area contributed by atoms with Crippen molar-refractivity contribution in [1.82, 2.24) is 0 Å². The van der Waals surface area contributed by atoms with Crippen LogP contribution in [0.1, 0.15) is 31.1 Å². The quantitative estimate of drug-likeness (QED) is 0.852. The molecule has 2 aromatic rings. The Kier molecular flexibility index (Phi) is 3.83. The van der Waals surface area contributed by atoms with Crippen molar-refractivity contribution in [2.45, 2.75) is 0 Å². The second-order valence-electron chi connectivity index (χ2n) is 3.93. The van der Waals surface area contributed by atoms with Crippen LogP contribution in [0.4, 0.5) is 5.69 Å². The fraction of sp³-hybridized carbons (Fsp3) is 0. The number of carbonyl (C=O) groups is 3. The molecule has 4 heteroatoms. The molecule has 1 amide bonds. The van der Waals surface area contributed by atoms with E-state index in [0.717, 1.165) is 12.6 Å². The molecule has 0 aliphatic heterocycles. The van der Waals surface area contributed by atoms with Crippen LogP contribution in [0.15, 0.2) is 48.5 Å². The van der Waals surface area contributed by atoms with E-state index in [2.05, 4.69) is 5.32 Å². The predicted molar refractivity (Wildman–Crippen MR) is 71.6 cm³/mol. The second kappa shape index (κ2) is 5.73. The number of carbonyl (C=O) groups excluding carboxylic acids is 3. The van der Waals surface area contributed by atoms with Gasteiger partial charge in [0.05, 0.1) is 0 Å². The van der Waals surface area contributed by atoms with Gasteiger partial charge in [0.2, 0.25) is 0 Å². The molecule has 0 bridgehead atoms. The predicted octanol–water partition coefficient (Wildman–Crippen LogP) is 2.56. The van der Waals surface area contributed by atoms with E-state index in [1.165, 1.54) is 0 Å². The summed E-state index contributed by atoms with van der Waals surface area (Å²) < 4.78 is 0. The number of hydrogen-bond acceptors (Lipinski definition) is 3. The monoisotopic (exact) mass is 253 g/mol. The first-order valence-electron chi connectivity index (χ1n) is 5.65. The zero-order chi connectivity index (χ0) is 13.7. The maximum Gasteiger partial charge on any atom is 0.255 e. The van der Waals surface area contributed by atoms with Crippen molar-refractivity contribution < 1.29 is 14.4 Å². The van der Waals surface area contributed by atoms with E-state index < -0.39 is 0 Å². The van der Waals surface area contributed by atoms with Crippen molar-refractivity contribution >= 4 is 24.2 Å². The maximum atomic E-state index is 11.9. The minimum atomic E-state index is -0.267. The van der Waals surface area contributed by atoms with Gasteiger partial charge < -0.3 is 5.32 Å². The smallest absolute Gasteiger partial charge is 0.255 e. The lowest BCUT2D eigenvalue weighted by Gasteiger charge is -2.05. The Labute approximate surface area is 110 Å². The molecule has 0 saturated heterocycles. The van der Waals surface area contributed by atoms with Gasteiger partial charge in [-0.05, 0) is 36.4 Å². The fourth-order valence-electron chi connectivity index (χ4n) is 1.56. The molecule has 0 aliphatic carbocycles. The minimum absolute atomic E-state index is 0.267. The molecule has 0 heterocycles. The largest absolute Gasteiger partial charge is 0.322 e. The van der Waals surface area contributed by atoms with E-state index in [1.54, 1.807) is 48.5 Å². The Morgan fingerprint density at radius 1 is 0.789 bits per heavy atom. The van der Waals surface area contributed by atoms with Crippen LogP contribution < -0.4 is 5.32 Å². The lowest BCUT2D eigenvalue weighted by molar-refractivity contribution is 0.102. The van der Waals surface area contributed by atoms with E-state index in [9.17, 15) is 14.4 Å². The van der Waals surface area contributed by atoms with Crippen molar-refractivity contribution in [1.29, 1.82) is 0 Å². The van der Waals surface area contributed by atoms with Gasteiger partial charge in [-0.1, -0.05) is 12.1 Å². The van der Waals surface area contributed by atoms with Crippen LogP contribution in [0.3, 0.4) is 0 Å². The molecular weight excluding hydrogens is 242 g/mol. The van der Waals surface area contributed by atoms with E-state index in [0.29, 0.717) is 22.4 Å². The zero-order valence-electron chi connectivity index (χ0n) is 10.00. The first-order valence-corrected chi connectivity index (χ1v) is 5.65. The lowest BCUT2D eigenvalue weighted by atomic mass is 10.1. The van der Waals surface area contributed by atoms with Crippen LogP contribution in [-0.4, -0.2) is 18.5 Å². The molecule has 0 spiro atoms. The topological polar surface area (TPSA) is 63.2 Å². The molecule has 0 aromatic heterocycles. The summed E-state index contributed by atoms with van der Waals surface area (Å²) in [4.78, 5) is 32.9. The van der Waals surface area contributed by atoms with Gasteiger partial charge in [0.25, 0.3) is 5.91 Å². The molecule has 0 saturated carbocycles. The van der Waals surface area contributed by atoms with Gasteiger partial charge in [-0.15, -0.1) is 0 Å². The average molecular weight is 253 g/mol. The highest BCUT2D eigenvalue weighted by Crippen LogP contribution is 2.11. The number of nitrogens with one attached hydrogen (secondary N) is 1. The van der Waals surface area contributed by atoms with Gasteiger partial charge >= 0.3 is 0 Å². The van der Waals surface area contributed by atoms with Crippen LogP contribution in [0, 0.1) is 0 Å². The number of rotatable bonds is 4. The molecule has 4 nitrogen and oxygen atoms in total. The first kappa shape index (κ1) is 12.7. The van der Waals surface area contributed by atoms with Crippen molar-refractivity contribution in [3.05, 3.63) is 65.2 Å². The molecule has 0 radical (unpaired) electrons. The Morgan fingerprint density at radius 3 is 1.74 bits per heavy atom. The number of hydrogen-bond donors (Lipinski definition) is 1. The highest BCUT2D eigenvalue weighted by molar-refractivity contribution is 6.04. The SMILES string of the molecule is O=Cc1ccc(NC(=O)c2ccc(C=O)cc2)cc1. The highest BCUT2D eigenvalue weighted by atomic mass is 16.1. The van der Waals surface area contributed by atoms with Gasteiger partial charge in [0.1, 0.15) is 12.6 Å². The summed E-state index contributed by atoms with van der Waals surface area (Å²) in [5.74, 6) is -0.267. The first-order chi connectivity index (χ1) is 9.22. The lowest BCUT2D eigenvalue weighted by Crippen LogP contribution is -2.11. The summed E-state index contributed by atoms with van der Waals surface area (Å²) in [6.45, 7) is 0. The van der Waals surface area contributed by atoms with E-state index >= 15 is 0 Å². The van der Waals surface area contributed by atoms with Crippen LogP contribution >= 0.6 is 0 Å². The van der Waals surface area contributed by atoms with E-state index in [1.807, 2.05) is 0 Å². The molecule has 1 N–H and O–H groups in total. The van der Waals surface area contributed by atoms with E-state index in [-0.39, 0.29) is 5.91 Å². The van der Waals surface area contributed by atoms with Crippen molar-refractivity contribution in [3.8, 4) is 0 Å². The highest BCUT2D eigenvalue weighted by Gasteiger charge is 2.05. The number of amides is 1. The summed E-state index contributed by atoms with van der Waals surface area (Å²) >= 11 is 0. The zero-order valence-corrected chi connectivity index (χ0v) is 10.00. The van der Waals surface area contributed by atoms with Crippen molar-refractivity contribution in [2.75, 3.05) is 5.32 Å². The average Bonchev–Trinajstić information content (AvgIpc) is 2.48. The molecule has 0 fully saturated rings. The molecule has 0 unspecified atom stereocenters. The Balaban J connectivity index is 2.10. The van der Waals surface area contributed by atoms with Crippen molar-refractivity contribution in [3.63, 3.8) is 0 Å².